The summed E-state index contributed by atoms with van der Waals surface area (Å²) in [7, 11) is 0. The lowest BCUT2D eigenvalue weighted by molar-refractivity contribution is 0.368. The number of nitriles is 1. The van der Waals surface area contributed by atoms with E-state index < -0.39 is 0 Å². The molecule has 1 saturated heterocycles. The maximum Gasteiger partial charge on any atom is 0.174 e. The molecule has 17 heavy (non-hydrogen) atoms. The van der Waals surface area contributed by atoms with E-state index in [9.17, 15) is 0 Å². The van der Waals surface area contributed by atoms with Gasteiger partial charge in [-0.25, -0.2) is 0 Å². The van der Waals surface area contributed by atoms with E-state index in [1.165, 1.54) is 24.3 Å². The SMILES string of the molecule is N#CCOc1cccc(NC2CCSCC2)c1. The van der Waals surface area contributed by atoms with Crippen LogP contribution in [0.5, 0.6) is 5.75 Å². The quantitative estimate of drug-likeness (QED) is 0.890. The average Bonchev–Trinajstić information content (AvgIpc) is 2.38. The zero-order valence-electron chi connectivity index (χ0n) is 9.69. The van der Waals surface area contributed by atoms with Crippen LogP contribution < -0.4 is 10.1 Å². The maximum atomic E-state index is 8.46. The number of ether oxygens (including phenoxy) is 1. The number of hydrogen-bond donors (Lipinski definition) is 1. The van der Waals surface area contributed by atoms with Crippen molar-refractivity contribution in [1.29, 1.82) is 5.26 Å². The molecule has 0 amide bonds. The fourth-order valence-electron chi connectivity index (χ4n) is 1.87. The predicted molar refractivity (Wildman–Crippen MR) is 71.5 cm³/mol. The fraction of sp³-hybridized carbons (Fsp3) is 0.462. The zero-order valence-corrected chi connectivity index (χ0v) is 10.5. The molecule has 2 rings (SSSR count). The molecule has 1 fully saturated rings. The summed E-state index contributed by atoms with van der Waals surface area (Å²) in [5.41, 5.74) is 1.08. The lowest BCUT2D eigenvalue weighted by Gasteiger charge is -2.23. The number of benzene rings is 1. The van der Waals surface area contributed by atoms with Crippen LogP contribution in [0.2, 0.25) is 0 Å². The standard InChI is InChI=1S/C13H16N2OS/c14-6-7-16-13-3-1-2-12(10-13)15-11-4-8-17-9-5-11/h1-3,10-11,15H,4-5,7-9H2. The summed E-state index contributed by atoms with van der Waals surface area (Å²) in [6, 6.07) is 10.4. The normalized spacial score (nSPS) is 16.2. The Balaban J connectivity index is 1.93. The van der Waals surface area contributed by atoms with E-state index >= 15 is 0 Å². The monoisotopic (exact) mass is 248 g/mol. The van der Waals surface area contributed by atoms with Crippen molar-refractivity contribution in [3.63, 3.8) is 0 Å². The van der Waals surface area contributed by atoms with Crippen molar-refractivity contribution in [3.8, 4) is 11.8 Å². The Kier molecular flexibility index (Phi) is 4.57. The van der Waals surface area contributed by atoms with E-state index in [1.807, 2.05) is 42.1 Å². The van der Waals surface area contributed by atoms with Gasteiger partial charge in [0.1, 0.15) is 11.8 Å². The molecule has 3 nitrogen and oxygen atoms in total. The fourth-order valence-corrected chi connectivity index (χ4v) is 2.98. The van der Waals surface area contributed by atoms with Gasteiger partial charge in [0.05, 0.1) is 0 Å². The first-order valence-electron chi connectivity index (χ1n) is 5.82. The van der Waals surface area contributed by atoms with Gasteiger partial charge in [-0.3, -0.25) is 0 Å². The van der Waals surface area contributed by atoms with E-state index in [1.54, 1.807) is 0 Å². The van der Waals surface area contributed by atoms with Crippen molar-refractivity contribution in [2.24, 2.45) is 0 Å². The summed E-state index contributed by atoms with van der Waals surface area (Å²) in [5, 5.41) is 12.0. The number of thioether (sulfide) groups is 1. The van der Waals surface area contributed by atoms with Crippen molar-refractivity contribution in [2.75, 3.05) is 23.4 Å². The van der Waals surface area contributed by atoms with Crippen LogP contribution >= 0.6 is 11.8 Å². The van der Waals surface area contributed by atoms with Gasteiger partial charge in [0.2, 0.25) is 0 Å². The highest BCUT2D eigenvalue weighted by molar-refractivity contribution is 7.99. The van der Waals surface area contributed by atoms with Gasteiger partial charge in [0.15, 0.2) is 6.61 Å². The van der Waals surface area contributed by atoms with Gasteiger partial charge >= 0.3 is 0 Å². The van der Waals surface area contributed by atoms with Crippen molar-refractivity contribution < 1.29 is 4.74 Å². The molecule has 0 saturated carbocycles. The molecule has 0 radical (unpaired) electrons. The Morgan fingerprint density at radius 2 is 2.24 bits per heavy atom. The van der Waals surface area contributed by atoms with Gasteiger partial charge in [-0.1, -0.05) is 6.07 Å². The zero-order chi connectivity index (χ0) is 11.9. The van der Waals surface area contributed by atoms with E-state index in [0.29, 0.717) is 6.04 Å². The largest absolute Gasteiger partial charge is 0.479 e. The molecule has 0 unspecified atom stereocenters. The maximum absolute atomic E-state index is 8.46. The summed E-state index contributed by atoms with van der Waals surface area (Å²) >= 11 is 2.02. The average molecular weight is 248 g/mol. The van der Waals surface area contributed by atoms with Crippen LogP contribution in [0.25, 0.3) is 0 Å². The van der Waals surface area contributed by atoms with Crippen molar-refractivity contribution in [2.45, 2.75) is 18.9 Å². The number of nitrogens with one attached hydrogen (secondary N) is 1. The van der Waals surface area contributed by atoms with Gasteiger partial charge in [0, 0.05) is 17.8 Å². The van der Waals surface area contributed by atoms with Crippen molar-refractivity contribution >= 4 is 17.4 Å². The first kappa shape index (κ1) is 12.1. The smallest absolute Gasteiger partial charge is 0.174 e. The summed E-state index contributed by atoms with van der Waals surface area (Å²) < 4.78 is 5.28. The summed E-state index contributed by atoms with van der Waals surface area (Å²) in [4.78, 5) is 0. The van der Waals surface area contributed by atoms with Crippen LogP contribution in [-0.4, -0.2) is 24.2 Å². The molecule has 90 valence electrons. The number of rotatable bonds is 4. The molecule has 4 heteroatoms. The minimum absolute atomic E-state index is 0.101. The van der Waals surface area contributed by atoms with Gasteiger partial charge in [0.25, 0.3) is 0 Å². The lowest BCUT2D eigenvalue weighted by Crippen LogP contribution is -2.24. The second kappa shape index (κ2) is 6.41. The van der Waals surface area contributed by atoms with Crippen LogP contribution in [-0.2, 0) is 0 Å². The third kappa shape index (κ3) is 3.86. The van der Waals surface area contributed by atoms with E-state index in [0.717, 1.165) is 11.4 Å². The summed E-state index contributed by atoms with van der Waals surface area (Å²) in [5.74, 6) is 3.23. The second-order valence-corrected chi connectivity index (χ2v) is 5.23. The molecular weight excluding hydrogens is 232 g/mol. The molecule has 1 N–H and O–H groups in total. The first-order chi connectivity index (χ1) is 8.38. The Hall–Kier alpha value is -1.34. The molecule has 1 aliphatic rings. The predicted octanol–water partition coefficient (Wildman–Crippen LogP) is 2.90. The molecule has 1 aromatic rings. The first-order valence-corrected chi connectivity index (χ1v) is 6.98. The topological polar surface area (TPSA) is 45.0 Å². The molecule has 1 aliphatic heterocycles. The number of nitrogens with zero attached hydrogens (tertiary/aromatic N) is 1. The van der Waals surface area contributed by atoms with Crippen LogP contribution in [0.1, 0.15) is 12.8 Å². The summed E-state index contributed by atoms with van der Waals surface area (Å²) in [6.07, 6.45) is 2.43. The van der Waals surface area contributed by atoms with Crippen LogP contribution in [0, 0.1) is 11.3 Å². The Bertz CT molecular complexity index is 397. The summed E-state index contributed by atoms with van der Waals surface area (Å²) in [6.45, 7) is 0.101. The highest BCUT2D eigenvalue weighted by atomic mass is 32.2. The lowest BCUT2D eigenvalue weighted by atomic mass is 10.1. The molecule has 1 heterocycles. The Morgan fingerprint density at radius 1 is 1.41 bits per heavy atom. The number of hydrogen-bond acceptors (Lipinski definition) is 4. The van der Waals surface area contributed by atoms with Gasteiger partial charge in [-0.15, -0.1) is 0 Å². The highest BCUT2D eigenvalue weighted by Crippen LogP contribution is 2.23. The Morgan fingerprint density at radius 3 is 3.00 bits per heavy atom. The van der Waals surface area contributed by atoms with E-state index in [2.05, 4.69) is 5.32 Å². The second-order valence-electron chi connectivity index (χ2n) is 4.01. The minimum Gasteiger partial charge on any atom is -0.479 e. The molecular formula is C13H16N2OS. The third-order valence-electron chi connectivity index (χ3n) is 2.73. The van der Waals surface area contributed by atoms with Gasteiger partial charge in [-0.2, -0.15) is 17.0 Å². The molecule has 0 bridgehead atoms. The molecule has 0 atom stereocenters. The molecule has 0 aromatic heterocycles. The molecule has 0 aliphatic carbocycles. The Labute approximate surface area is 106 Å². The van der Waals surface area contributed by atoms with Crippen molar-refractivity contribution in [1.82, 2.24) is 0 Å². The number of anilines is 1. The van der Waals surface area contributed by atoms with E-state index in [-0.39, 0.29) is 6.61 Å². The van der Waals surface area contributed by atoms with Gasteiger partial charge in [-0.05, 0) is 36.5 Å². The highest BCUT2D eigenvalue weighted by Gasteiger charge is 2.13. The van der Waals surface area contributed by atoms with Crippen LogP contribution in [0.15, 0.2) is 24.3 Å². The van der Waals surface area contributed by atoms with Crippen LogP contribution in [0.4, 0.5) is 5.69 Å². The molecule has 0 spiro atoms. The third-order valence-corrected chi connectivity index (χ3v) is 3.78. The van der Waals surface area contributed by atoms with Gasteiger partial charge < -0.3 is 10.1 Å². The van der Waals surface area contributed by atoms with Crippen LogP contribution in [0.3, 0.4) is 0 Å². The minimum atomic E-state index is 0.101. The van der Waals surface area contributed by atoms with Crippen molar-refractivity contribution in [3.05, 3.63) is 24.3 Å². The van der Waals surface area contributed by atoms with E-state index in [4.69, 9.17) is 10.00 Å². The molecule has 1 aromatic carbocycles.